The van der Waals surface area contributed by atoms with Gasteiger partial charge in [0.1, 0.15) is 28.7 Å². The summed E-state index contributed by atoms with van der Waals surface area (Å²) in [5.41, 5.74) is 4.15. The number of H-pyrrole nitrogens is 1. The van der Waals surface area contributed by atoms with Gasteiger partial charge in [0.25, 0.3) is 5.56 Å². The Morgan fingerprint density at radius 2 is 1.94 bits per heavy atom. The maximum absolute atomic E-state index is 13.3. The molecule has 5 rings (SSSR count). The number of ether oxygens (including phenoxy) is 1. The van der Waals surface area contributed by atoms with E-state index in [-0.39, 0.29) is 11.4 Å². The van der Waals surface area contributed by atoms with Crippen LogP contribution in [-0.4, -0.2) is 21.5 Å². The first-order valence-electron chi connectivity index (χ1n) is 10.2. The van der Waals surface area contributed by atoms with Gasteiger partial charge in [0, 0.05) is 18.8 Å². The molecule has 0 unspecified atom stereocenters. The van der Waals surface area contributed by atoms with Crippen LogP contribution in [0, 0.1) is 12.7 Å². The number of aryl methyl sites for hydroxylation is 1. The van der Waals surface area contributed by atoms with Crippen LogP contribution in [0.3, 0.4) is 0 Å². The molecule has 32 heavy (non-hydrogen) atoms. The van der Waals surface area contributed by atoms with Crippen molar-refractivity contribution in [2.75, 3.05) is 12.4 Å². The second-order valence-corrected chi connectivity index (χ2v) is 7.64. The third-order valence-electron chi connectivity index (χ3n) is 5.53. The zero-order valence-corrected chi connectivity index (χ0v) is 17.6. The summed E-state index contributed by atoms with van der Waals surface area (Å²) in [7, 11) is 1.59. The van der Waals surface area contributed by atoms with Crippen LogP contribution in [0.4, 0.5) is 10.2 Å². The van der Waals surface area contributed by atoms with Gasteiger partial charge in [0.05, 0.1) is 18.2 Å². The van der Waals surface area contributed by atoms with Gasteiger partial charge in [-0.3, -0.25) is 9.20 Å². The highest BCUT2D eigenvalue weighted by molar-refractivity contribution is 5.87. The van der Waals surface area contributed by atoms with Gasteiger partial charge in [0.2, 0.25) is 0 Å². The minimum Gasteiger partial charge on any atom is -0.497 e. The molecule has 6 nitrogen and oxygen atoms in total. The van der Waals surface area contributed by atoms with Crippen molar-refractivity contribution in [3.05, 3.63) is 94.2 Å². The van der Waals surface area contributed by atoms with E-state index in [1.807, 2.05) is 47.9 Å². The molecular weight excluding hydrogens is 407 g/mol. The molecular formula is C25H21FN4O2. The van der Waals surface area contributed by atoms with Crippen molar-refractivity contribution in [3.8, 4) is 17.0 Å². The number of methoxy groups -OCH3 is 1. The second-order valence-electron chi connectivity index (χ2n) is 7.64. The number of nitrogens with zero attached hydrogens (tertiary/aromatic N) is 2. The van der Waals surface area contributed by atoms with Gasteiger partial charge < -0.3 is 15.0 Å². The van der Waals surface area contributed by atoms with E-state index >= 15 is 0 Å². The number of fused-ring (bicyclic) bond motifs is 2. The third-order valence-corrected chi connectivity index (χ3v) is 5.53. The van der Waals surface area contributed by atoms with Crippen molar-refractivity contribution in [2.24, 2.45) is 0 Å². The molecule has 3 heterocycles. The smallest absolute Gasteiger partial charge is 0.258 e. The summed E-state index contributed by atoms with van der Waals surface area (Å²) in [6.45, 7) is 2.43. The van der Waals surface area contributed by atoms with E-state index in [4.69, 9.17) is 9.72 Å². The van der Waals surface area contributed by atoms with Gasteiger partial charge >= 0.3 is 0 Å². The van der Waals surface area contributed by atoms with Gasteiger partial charge in [-0.25, -0.2) is 9.37 Å². The number of aromatic nitrogens is 3. The van der Waals surface area contributed by atoms with E-state index in [9.17, 15) is 9.18 Å². The zero-order chi connectivity index (χ0) is 22.2. The van der Waals surface area contributed by atoms with E-state index in [1.165, 1.54) is 12.1 Å². The van der Waals surface area contributed by atoms with Gasteiger partial charge in [-0.15, -0.1) is 0 Å². The zero-order valence-electron chi connectivity index (χ0n) is 17.6. The average molecular weight is 428 g/mol. The standard InChI is InChI=1S/C25H21FN4O2/c1-15-4-3-11-30-23(15)29-22(24(30)27-14-16-5-8-18(26)9-6-16)20-12-17-7-10-19(32-2)13-21(17)28-25(20)31/h3-13,27H,14H2,1-2H3,(H,28,31). The van der Waals surface area contributed by atoms with Crippen LogP contribution in [0.5, 0.6) is 5.75 Å². The Morgan fingerprint density at radius 1 is 1.12 bits per heavy atom. The Bertz CT molecular complexity index is 1500. The molecule has 0 bridgehead atoms. The fourth-order valence-corrected chi connectivity index (χ4v) is 3.83. The Balaban J connectivity index is 1.65. The molecule has 2 aromatic carbocycles. The molecule has 0 radical (unpaired) electrons. The van der Waals surface area contributed by atoms with Crippen molar-refractivity contribution in [2.45, 2.75) is 13.5 Å². The Kier molecular flexibility index (Phi) is 4.86. The van der Waals surface area contributed by atoms with Crippen LogP contribution < -0.4 is 15.6 Å². The lowest BCUT2D eigenvalue weighted by Gasteiger charge is -2.10. The van der Waals surface area contributed by atoms with Crippen LogP contribution in [0.15, 0.2) is 71.7 Å². The number of halogens is 1. The molecule has 7 heteroatoms. The molecule has 0 saturated heterocycles. The van der Waals surface area contributed by atoms with Gasteiger partial charge in [-0.05, 0) is 59.8 Å². The van der Waals surface area contributed by atoms with E-state index in [1.54, 1.807) is 25.3 Å². The Hall–Kier alpha value is -4.13. The summed E-state index contributed by atoms with van der Waals surface area (Å²) in [5, 5.41) is 4.27. The van der Waals surface area contributed by atoms with Gasteiger partial charge in [0.15, 0.2) is 0 Å². The van der Waals surface area contributed by atoms with Crippen molar-refractivity contribution < 1.29 is 9.13 Å². The molecule has 0 atom stereocenters. The highest BCUT2D eigenvalue weighted by Crippen LogP contribution is 2.30. The van der Waals surface area contributed by atoms with Crippen molar-refractivity contribution in [1.29, 1.82) is 0 Å². The van der Waals surface area contributed by atoms with Crippen LogP contribution in [0.1, 0.15) is 11.1 Å². The summed E-state index contributed by atoms with van der Waals surface area (Å²) >= 11 is 0. The molecule has 0 saturated carbocycles. The molecule has 0 amide bonds. The minimum absolute atomic E-state index is 0.239. The number of hydrogen-bond donors (Lipinski definition) is 2. The molecule has 0 aliphatic heterocycles. The first-order valence-corrected chi connectivity index (χ1v) is 10.2. The number of anilines is 1. The van der Waals surface area contributed by atoms with Gasteiger partial charge in [-0.1, -0.05) is 18.2 Å². The third kappa shape index (κ3) is 3.47. The SMILES string of the molecule is COc1ccc2cc(-c3nc4c(C)cccn4c3NCc3ccc(F)cc3)c(=O)[nH]c2c1. The molecule has 5 aromatic rings. The first kappa shape index (κ1) is 19.8. The van der Waals surface area contributed by atoms with Crippen molar-refractivity contribution in [1.82, 2.24) is 14.4 Å². The molecule has 0 aliphatic carbocycles. The molecule has 0 fully saturated rings. The maximum Gasteiger partial charge on any atom is 0.258 e. The fourth-order valence-electron chi connectivity index (χ4n) is 3.83. The highest BCUT2D eigenvalue weighted by Gasteiger charge is 2.18. The summed E-state index contributed by atoms with van der Waals surface area (Å²) in [5.74, 6) is 1.09. The van der Waals surface area contributed by atoms with Gasteiger partial charge in [-0.2, -0.15) is 0 Å². The number of aromatic amines is 1. The lowest BCUT2D eigenvalue weighted by atomic mass is 10.1. The minimum atomic E-state index is -0.279. The molecule has 0 spiro atoms. The van der Waals surface area contributed by atoms with Crippen LogP contribution in [0.25, 0.3) is 27.8 Å². The molecule has 0 aliphatic rings. The number of hydrogen-bond acceptors (Lipinski definition) is 4. The van der Waals surface area contributed by atoms with E-state index in [0.717, 1.165) is 22.2 Å². The Morgan fingerprint density at radius 3 is 2.72 bits per heavy atom. The lowest BCUT2D eigenvalue weighted by Crippen LogP contribution is -2.11. The summed E-state index contributed by atoms with van der Waals surface area (Å²) in [4.78, 5) is 20.8. The maximum atomic E-state index is 13.3. The predicted octanol–water partition coefficient (Wildman–Crippen LogP) is 4.91. The van der Waals surface area contributed by atoms with Crippen molar-refractivity contribution in [3.63, 3.8) is 0 Å². The Labute approximate surface area is 183 Å². The van der Waals surface area contributed by atoms with E-state index in [0.29, 0.717) is 34.9 Å². The first-order chi connectivity index (χ1) is 15.5. The number of pyridine rings is 2. The summed E-state index contributed by atoms with van der Waals surface area (Å²) in [6, 6.07) is 17.6. The fraction of sp³-hybridized carbons (Fsp3) is 0.120. The van der Waals surface area contributed by atoms with Crippen LogP contribution in [0.2, 0.25) is 0 Å². The highest BCUT2D eigenvalue weighted by atomic mass is 19.1. The van der Waals surface area contributed by atoms with Crippen LogP contribution >= 0.6 is 0 Å². The number of imidazole rings is 1. The predicted molar refractivity (Wildman–Crippen MR) is 124 cm³/mol. The average Bonchev–Trinajstić information content (AvgIpc) is 3.17. The second kappa shape index (κ2) is 7.85. The summed E-state index contributed by atoms with van der Waals surface area (Å²) in [6.07, 6.45) is 1.91. The molecule has 3 aromatic heterocycles. The van der Waals surface area contributed by atoms with E-state index < -0.39 is 0 Å². The molecule has 2 N–H and O–H groups in total. The van der Waals surface area contributed by atoms with E-state index in [2.05, 4.69) is 10.3 Å². The normalized spacial score (nSPS) is 11.2. The lowest BCUT2D eigenvalue weighted by molar-refractivity contribution is 0.415. The number of benzene rings is 2. The topological polar surface area (TPSA) is 71.4 Å². The molecule has 160 valence electrons. The largest absolute Gasteiger partial charge is 0.497 e. The van der Waals surface area contributed by atoms with Crippen LogP contribution in [-0.2, 0) is 6.54 Å². The van der Waals surface area contributed by atoms with Crippen molar-refractivity contribution >= 4 is 22.4 Å². The number of rotatable bonds is 5. The number of nitrogens with one attached hydrogen (secondary N) is 2. The monoisotopic (exact) mass is 428 g/mol. The quantitative estimate of drug-likeness (QED) is 0.417. The summed E-state index contributed by atoms with van der Waals surface area (Å²) < 4.78 is 20.5.